The summed E-state index contributed by atoms with van der Waals surface area (Å²) in [4.78, 5) is 12.0. The van der Waals surface area contributed by atoms with Gasteiger partial charge in [-0.2, -0.15) is 0 Å². The number of hydrogen-bond donors (Lipinski definition) is 0. The Balaban J connectivity index is 3.56. The van der Waals surface area contributed by atoms with Gasteiger partial charge in [-0.15, -0.1) is 4.91 Å². The van der Waals surface area contributed by atoms with E-state index in [4.69, 9.17) is 0 Å². The summed E-state index contributed by atoms with van der Waals surface area (Å²) in [5.41, 5.74) is 0.633. The first-order valence-corrected chi connectivity index (χ1v) is 3.34. The summed E-state index contributed by atoms with van der Waals surface area (Å²) >= 11 is 0. The van der Waals surface area contributed by atoms with Gasteiger partial charge in [0.15, 0.2) is 0 Å². The second kappa shape index (κ2) is 5.11. The Morgan fingerprint density at radius 1 is 1.60 bits per heavy atom. The number of nitrogens with zero attached hydrogens (tertiary/aromatic N) is 2. The van der Waals surface area contributed by atoms with E-state index in [1.165, 1.54) is 0 Å². The van der Waals surface area contributed by atoms with Gasteiger partial charge in [0.2, 0.25) is 0 Å². The molecule has 0 aromatic carbocycles. The van der Waals surface area contributed by atoms with E-state index in [1.54, 1.807) is 6.08 Å². The molecule has 0 saturated carbocycles. The van der Waals surface area contributed by atoms with Crippen LogP contribution in [0.5, 0.6) is 0 Å². The SMILES string of the molecule is C/C=C(/CCN(C)C)N=O. The van der Waals surface area contributed by atoms with Gasteiger partial charge in [-0.3, -0.25) is 0 Å². The van der Waals surface area contributed by atoms with Crippen molar-refractivity contribution in [1.82, 2.24) is 4.90 Å². The number of hydrogen-bond acceptors (Lipinski definition) is 3. The molecule has 0 unspecified atom stereocenters. The normalized spacial score (nSPS) is 12.2. The van der Waals surface area contributed by atoms with Gasteiger partial charge < -0.3 is 4.90 Å². The third-order valence-electron chi connectivity index (χ3n) is 1.27. The highest BCUT2D eigenvalue weighted by molar-refractivity contribution is 4.97. The van der Waals surface area contributed by atoms with Crippen LogP contribution in [0.4, 0.5) is 0 Å². The molecule has 0 saturated heterocycles. The molecule has 0 rings (SSSR count). The Morgan fingerprint density at radius 2 is 2.20 bits per heavy atom. The van der Waals surface area contributed by atoms with Crippen molar-refractivity contribution in [3.05, 3.63) is 16.7 Å². The second-order valence-electron chi connectivity index (χ2n) is 2.42. The molecule has 0 aliphatic carbocycles. The maximum absolute atomic E-state index is 10.0. The van der Waals surface area contributed by atoms with E-state index >= 15 is 0 Å². The summed E-state index contributed by atoms with van der Waals surface area (Å²) in [6.07, 6.45) is 2.49. The highest BCUT2D eigenvalue weighted by Crippen LogP contribution is 2.01. The van der Waals surface area contributed by atoms with Crippen molar-refractivity contribution in [1.29, 1.82) is 0 Å². The van der Waals surface area contributed by atoms with E-state index < -0.39 is 0 Å². The van der Waals surface area contributed by atoms with Crippen molar-refractivity contribution in [2.24, 2.45) is 5.18 Å². The first-order chi connectivity index (χ1) is 4.70. The number of nitroso groups, excluding NO2 is 1. The third-order valence-corrected chi connectivity index (χ3v) is 1.27. The van der Waals surface area contributed by atoms with Crippen LogP contribution in [0.2, 0.25) is 0 Å². The Kier molecular flexibility index (Phi) is 4.76. The van der Waals surface area contributed by atoms with Gasteiger partial charge in [-0.25, -0.2) is 0 Å². The molecule has 0 atom stereocenters. The van der Waals surface area contributed by atoms with E-state index in [2.05, 4.69) is 5.18 Å². The quantitative estimate of drug-likeness (QED) is 0.558. The molecule has 10 heavy (non-hydrogen) atoms. The zero-order chi connectivity index (χ0) is 7.98. The lowest BCUT2D eigenvalue weighted by atomic mass is 10.3. The average molecular weight is 142 g/mol. The molecular weight excluding hydrogens is 128 g/mol. The molecule has 0 aromatic rings. The summed E-state index contributed by atoms with van der Waals surface area (Å²) in [5.74, 6) is 0. The molecular formula is C7H14N2O. The van der Waals surface area contributed by atoms with Crippen molar-refractivity contribution >= 4 is 0 Å². The molecule has 0 amide bonds. The molecule has 0 spiro atoms. The summed E-state index contributed by atoms with van der Waals surface area (Å²) in [5, 5.41) is 2.86. The fourth-order valence-electron chi connectivity index (χ4n) is 0.581. The van der Waals surface area contributed by atoms with Crippen LogP contribution in [-0.4, -0.2) is 25.5 Å². The van der Waals surface area contributed by atoms with Crippen molar-refractivity contribution < 1.29 is 0 Å². The lowest BCUT2D eigenvalue weighted by Gasteiger charge is -2.06. The molecule has 0 heterocycles. The molecule has 0 aromatic heterocycles. The van der Waals surface area contributed by atoms with E-state index in [0.717, 1.165) is 13.0 Å². The fraction of sp³-hybridized carbons (Fsp3) is 0.714. The maximum Gasteiger partial charge on any atom is 0.0819 e. The van der Waals surface area contributed by atoms with Gasteiger partial charge in [0.1, 0.15) is 0 Å². The molecule has 0 aliphatic heterocycles. The first-order valence-electron chi connectivity index (χ1n) is 3.34. The molecule has 3 nitrogen and oxygen atoms in total. The van der Waals surface area contributed by atoms with Crippen LogP contribution >= 0.6 is 0 Å². The van der Waals surface area contributed by atoms with Crippen LogP contribution < -0.4 is 0 Å². The van der Waals surface area contributed by atoms with Crippen LogP contribution in [0.1, 0.15) is 13.3 Å². The van der Waals surface area contributed by atoms with Crippen molar-refractivity contribution in [2.75, 3.05) is 20.6 Å². The van der Waals surface area contributed by atoms with Crippen molar-refractivity contribution in [2.45, 2.75) is 13.3 Å². The number of allylic oxidation sites excluding steroid dienone is 1. The first kappa shape index (κ1) is 9.30. The average Bonchev–Trinajstić information content (AvgIpc) is 1.90. The Morgan fingerprint density at radius 3 is 2.50 bits per heavy atom. The van der Waals surface area contributed by atoms with E-state index in [1.807, 2.05) is 25.9 Å². The van der Waals surface area contributed by atoms with Gasteiger partial charge in [-0.1, -0.05) is 6.08 Å². The highest BCUT2D eigenvalue weighted by Gasteiger charge is 1.95. The fourth-order valence-corrected chi connectivity index (χ4v) is 0.581. The van der Waals surface area contributed by atoms with E-state index in [-0.39, 0.29) is 0 Å². The number of rotatable bonds is 4. The second-order valence-corrected chi connectivity index (χ2v) is 2.42. The predicted molar refractivity (Wildman–Crippen MR) is 42.7 cm³/mol. The monoisotopic (exact) mass is 142 g/mol. The smallest absolute Gasteiger partial charge is 0.0819 e. The van der Waals surface area contributed by atoms with Crippen LogP contribution in [-0.2, 0) is 0 Å². The minimum atomic E-state index is 0.633. The molecule has 0 aliphatic rings. The highest BCUT2D eigenvalue weighted by atomic mass is 16.3. The van der Waals surface area contributed by atoms with Gasteiger partial charge in [0.05, 0.1) is 5.70 Å². The molecule has 0 bridgehead atoms. The zero-order valence-electron chi connectivity index (χ0n) is 6.79. The lowest BCUT2D eigenvalue weighted by Crippen LogP contribution is -2.13. The van der Waals surface area contributed by atoms with Crippen LogP contribution in [0.25, 0.3) is 0 Å². The maximum atomic E-state index is 10.0. The topological polar surface area (TPSA) is 32.7 Å². The van der Waals surface area contributed by atoms with Gasteiger partial charge >= 0.3 is 0 Å². The zero-order valence-corrected chi connectivity index (χ0v) is 6.79. The molecule has 0 radical (unpaired) electrons. The molecule has 58 valence electrons. The Bertz CT molecular complexity index is 130. The van der Waals surface area contributed by atoms with Gasteiger partial charge in [-0.05, 0) is 26.2 Å². The molecule has 0 fully saturated rings. The standard InChI is InChI=1S/C7H14N2O/c1-4-7(8-10)5-6-9(2)3/h4H,5-6H2,1-3H3/b7-4-. The summed E-state index contributed by atoms with van der Waals surface area (Å²) < 4.78 is 0. The minimum absolute atomic E-state index is 0.633. The van der Waals surface area contributed by atoms with Crippen molar-refractivity contribution in [3.63, 3.8) is 0 Å². The Labute approximate surface area is 61.7 Å². The summed E-state index contributed by atoms with van der Waals surface area (Å²) in [6.45, 7) is 2.71. The molecule has 3 heteroatoms. The Hall–Kier alpha value is -0.700. The van der Waals surface area contributed by atoms with Crippen LogP contribution in [0.15, 0.2) is 16.9 Å². The van der Waals surface area contributed by atoms with Gasteiger partial charge in [0.25, 0.3) is 0 Å². The van der Waals surface area contributed by atoms with Crippen LogP contribution in [0.3, 0.4) is 0 Å². The van der Waals surface area contributed by atoms with Gasteiger partial charge in [0, 0.05) is 13.0 Å². The van der Waals surface area contributed by atoms with Crippen molar-refractivity contribution in [3.8, 4) is 0 Å². The summed E-state index contributed by atoms with van der Waals surface area (Å²) in [7, 11) is 3.94. The largest absolute Gasteiger partial charge is 0.309 e. The summed E-state index contributed by atoms with van der Waals surface area (Å²) in [6, 6.07) is 0. The molecule has 0 N–H and O–H groups in total. The predicted octanol–water partition coefficient (Wildman–Crippen LogP) is 1.61. The third kappa shape index (κ3) is 4.21. The van der Waals surface area contributed by atoms with Crippen LogP contribution in [0, 0.1) is 4.91 Å². The minimum Gasteiger partial charge on any atom is -0.309 e. The van der Waals surface area contributed by atoms with E-state index in [0.29, 0.717) is 5.70 Å². The lowest BCUT2D eigenvalue weighted by molar-refractivity contribution is 0.412. The van der Waals surface area contributed by atoms with E-state index in [9.17, 15) is 4.91 Å².